The molecule has 0 heterocycles. The number of benzene rings is 2. The first-order valence-corrected chi connectivity index (χ1v) is 7.88. The van der Waals surface area contributed by atoms with E-state index in [9.17, 15) is 9.90 Å². The van der Waals surface area contributed by atoms with E-state index in [1.807, 2.05) is 54.6 Å². The third kappa shape index (κ3) is 3.90. The van der Waals surface area contributed by atoms with Crippen LogP contribution in [-0.2, 0) is 11.3 Å². The Labute approximate surface area is 136 Å². The average molecular weight is 311 g/mol. The average Bonchev–Trinajstić information content (AvgIpc) is 3.40. The molecule has 1 amide bonds. The van der Waals surface area contributed by atoms with Crippen LogP contribution in [0.25, 0.3) is 0 Å². The molecule has 23 heavy (non-hydrogen) atoms. The van der Waals surface area contributed by atoms with Gasteiger partial charge in [-0.05, 0) is 55.5 Å². The zero-order chi connectivity index (χ0) is 16.3. The van der Waals surface area contributed by atoms with E-state index in [0.29, 0.717) is 6.54 Å². The summed E-state index contributed by atoms with van der Waals surface area (Å²) in [5.41, 5.74) is -0.290. The van der Waals surface area contributed by atoms with Gasteiger partial charge in [-0.25, -0.2) is 0 Å². The van der Waals surface area contributed by atoms with E-state index in [1.54, 1.807) is 6.92 Å². The Morgan fingerprint density at radius 3 is 2.35 bits per heavy atom. The van der Waals surface area contributed by atoms with Crippen molar-refractivity contribution in [2.45, 2.75) is 31.9 Å². The Balaban J connectivity index is 1.54. The summed E-state index contributed by atoms with van der Waals surface area (Å²) < 4.78 is 5.73. The van der Waals surface area contributed by atoms with Gasteiger partial charge in [0.2, 0.25) is 0 Å². The molecule has 2 aromatic carbocycles. The minimum absolute atomic E-state index is 0.101. The fourth-order valence-corrected chi connectivity index (χ4v) is 2.49. The first-order valence-electron chi connectivity index (χ1n) is 7.88. The van der Waals surface area contributed by atoms with Crippen LogP contribution in [0.5, 0.6) is 11.5 Å². The number of para-hydroxylation sites is 1. The van der Waals surface area contributed by atoms with Gasteiger partial charge >= 0.3 is 0 Å². The molecule has 0 aromatic heterocycles. The summed E-state index contributed by atoms with van der Waals surface area (Å²) in [6.45, 7) is 1.99. The lowest BCUT2D eigenvalue weighted by molar-refractivity contribution is -0.140. The minimum atomic E-state index is -1.25. The molecule has 4 heteroatoms. The highest BCUT2D eigenvalue weighted by Crippen LogP contribution is 2.39. The van der Waals surface area contributed by atoms with Crippen molar-refractivity contribution in [1.82, 2.24) is 5.32 Å². The van der Waals surface area contributed by atoms with Gasteiger partial charge < -0.3 is 15.2 Å². The molecule has 0 spiro atoms. The van der Waals surface area contributed by atoms with Crippen molar-refractivity contribution < 1.29 is 14.6 Å². The lowest BCUT2D eigenvalue weighted by Gasteiger charge is -2.21. The highest BCUT2D eigenvalue weighted by Gasteiger charge is 2.45. The summed E-state index contributed by atoms with van der Waals surface area (Å²) >= 11 is 0. The van der Waals surface area contributed by atoms with E-state index in [2.05, 4.69) is 5.32 Å². The standard InChI is InChI=1S/C19H21NO3/c1-19(22,15-9-10-15)18(21)20-13-14-7-11-17(12-8-14)23-16-5-3-2-4-6-16/h2-8,11-12,15,22H,9-10,13H2,1H3,(H,20,21). The summed E-state index contributed by atoms with van der Waals surface area (Å²) in [5.74, 6) is 1.33. The molecule has 0 radical (unpaired) electrons. The summed E-state index contributed by atoms with van der Waals surface area (Å²) in [6, 6.07) is 17.1. The van der Waals surface area contributed by atoms with Crippen LogP contribution in [0.2, 0.25) is 0 Å². The largest absolute Gasteiger partial charge is 0.457 e. The Morgan fingerprint density at radius 1 is 1.13 bits per heavy atom. The molecule has 1 aliphatic rings. The fourth-order valence-electron chi connectivity index (χ4n) is 2.49. The minimum Gasteiger partial charge on any atom is -0.457 e. The van der Waals surface area contributed by atoms with Gasteiger partial charge in [-0.2, -0.15) is 0 Å². The van der Waals surface area contributed by atoms with Crippen LogP contribution in [0, 0.1) is 5.92 Å². The second-order valence-electron chi connectivity index (χ2n) is 6.16. The molecule has 1 unspecified atom stereocenters. The summed E-state index contributed by atoms with van der Waals surface area (Å²) in [7, 11) is 0. The van der Waals surface area contributed by atoms with E-state index >= 15 is 0 Å². The molecule has 1 fully saturated rings. The molecular formula is C19H21NO3. The van der Waals surface area contributed by atoms with Gasteiger partial charge in [0.25, 0.3) is 5.91 Å². The Hall–Kier alpha value is -2.33. The summed E-state index contributed by atoms with van der Waals surface area (Å²) in [5, 5.41) is 13.0. The smallest absolute Gasteiger partial charge is 0.252 e. The molecule has 1 saturated carbocycles. The molecule has 4 nitrogen and oxygen atoms in total. The lowest BCUT2D eigenvalue weighted by Crippen LogP contribution is -2.45. The van der Waals surface area contributed by atoms with Crippen LogP contribution in [-0.4, -0.2) is 16.6 Å². The quantitative estimate of drug-likeness (QED) is 0.861. The third-order valence-corrected chi connectivity index (χ3v) is 4.19. The van der Waals surface area contributed by atoms with Gasteiger partial charge in [-0.3, -0.25) is 4.79 Å². The second kappa shape index (κ2) is 6.42. The third-order valence-electron chi connectivity index (χ3n) is 4.19. The van der Waals surface area contributed by atoms with Crippen LogP contribution < -0.4 is 10.1 Å². The normalized spacial score (nSPS) is 16.4. The summed E-state index contributed by atoms with van der Waals surface area (Å²) in [4.78, 5) is 12.0. The Bertz CT molecular complexity index is 661. The number of carbonyl (C=O) groups excluding carboxylic acids is 1. The maximum absolute atomic E-state index is 12.0. The van der Waals surface area contributed by atoms with Crippen LogP contribution in [0.1, 0.15) is 25.3 Å². The van der Waals surface area contributed by atoms with Gasteiger partial charge in [0.15, 0.2) is 0 Å². The molecule has 0 bridgehead atoms. The molecular weight excluding hydrogens is 290 g/mol. The fraction of sp³-hybridized carbons (Fsp3) is 0.316. The Kier molecular flexibility index (Phi) is 4.35. The van der Waals surface area contributed by atoms with Crippen molar-refractivity contribution in [3.05, 3.63) is 60.2 Å². The summed E-state index contributed by atoms with van der Waals surface area (Å²) in [6.07, 6.45) is 1.85. The van der Waals surface area contributed by atoms with Crippen molar-refractivity contribution in [2.24, 2.45) is 5.92 Å². The molecule has 120 valence electrons. The lowest BCUT2D eigenvalue weighted by atomic mass is 9.99. The highest BCUT2D eigenvalue weighted by molar-refractivity contribution is 5.85. The zero-order valence-corrected chi connectivity index (χ0v) is 13.2. The SMILES string of the molecule is CC(O)(C(=O)NCc1ccc(Oc2ccccc2)cc1)C1CC1. The molecule has 3 rings (SSSR count). The number of carbonyl (C=O) groups is 1. The number of hydrogen-bond acceptors (Lipinski definition) is 3. The van der Waals surface area contributed by atoms with Crippen molar-refractivity contribution in [3.63, 3.8) is 0 Å². The zero-order valence-electron chi connectivity index (χ0n) is 13.2. The molecule has 0 aliphatic heterocycles. The predicted molar refractivity (Wildman–Crippen MR) is 88.2 cm³/mol. The molecule has 1 aliphatic carbocycles. The van der Waals surface area contributed by atoms with E-state index in [4.69, 9.17) is 4.74 Å². The monoisotopic (exact) mass is 311 g/mol. The van der Waals surface area contributed by atoms with Crippen LogP contribution in [0.3, 0.4) is 0 Å². The van der Waals surface area contributed by atoms with Crippen molar-refractivity contribution in [3.8, 4) is 11.5 Å². The molecule has 2 N–H and O–H groups in total. The van der Waals surface area contributed by atoms with Crippen LogP contribution in [0.4, 0.5) is 0 Å². The Morgan fingerprint density at radius 2 is 1.74 bits per heavy atom. The number of ether oxygens (including phenoxy) is 1. The van der Waals surface area contributed by atoms with E-state index in [1.165, 1.54) is 0 Å². The van der Waals surface area contributed by atoms with E-state index < -0.39 is 5.60 Å². The molecule has 2 aromatic rings. The van der Waals surface area contributed by atoms with Gasteiger partial charge in [0.05, 0.1) is 0 Å². The first-order chi connectivity index (χ1) is 11.1. The molecule has 1 atom stereocenters. The maximum atomic E-state index is 12.0. The van der Waals surface area contributed by atoms with Gasteiger partial charge in [-0.1, -0.05) is 30.3 Å². The van der Waals surface area contributed by atoms with Crippen molar-refractivity contribution >= 4 is 5.91 Å². The number of hydrogen-bond donors (Lipinski definition) is 2. The topological polar surface area (TPSA) is 58.6 Å². The van der Waals surface area contributed by atoms with Crippen molar-refractivity contribution in [1.29, 1.82) is 0 Å². The number of rotatable bonds is 6. The van der Waals surface area contributed by atoms with Crippen LogP contribution >= 0.6 is 0 Å². The van der Waals surface area contributed by atoms with E-state index in [-0.39, 0.29) is 11.8 Å². The molecule has 0 saturated heterocycles. The second-order valence-corrected chi connectivity index (χ2v) is 6.16. The highest BCUT2D eigenvalue weighted by atomic mass is 16.5. The predicted octanol–water partition coefficient (Wildman–Crippen LogP) is 3.26. The van der Waals surface area contributed by atoms with E-state index in [0.717, 1.165) is 29.9 Å². The first kappa shape index (κ1) is 15.6. The number of aliphatic hydroxyl groups is 1. The number of amides is 1. The van der Waals surface area contributed by atoms with Crippen LogP contribution in [0.15, 0.2) is 54.6 Å². The number of nitrogens with one attached hydrogen (secondary N) is 1. The van der Waals surface area contributed by atoms with Gasteiger partial charge in [-0.15, -0.1) is 0 Å². The maximum Gasteiger partial charge on any atom is 0.252 e. The van der Waals surface area contributed by atoms with Gasteiger partial charge in [0, 0.05) is 6.54 Å². The van der Waals surface area contributed by atoms with Gasteiger partial charge in [0.1, 0.15) is 17.1 Å². The van der Waals surface area contributed by atoms with Crippen molar-refractivity contribution in [2.75, 3.05) is 0 Å².